The van der Waals surface area contributed by atoms with E-state index in [0.29, 0.717) is 11.5 Å². The summed E-state index contributed by atoms with van der Waals surface area (Å²) in [5.41, 5.74) is 2.29. The van der Waals surface area contributed by atoms with E-state index in [9.17, 15) is 9.59 Å². The number of para-hydroxylation sites is 1. The first kappa shape index (κ1) is 15.7. The Morgan fingerprint density at radius 2 is 2.08 bits per heavy atom. The van der Waals surface area contributed by atoms with Crippen molar-refractivity contribution in [3.05, 3.63) is 58.1 Å². The third-order valence-electron chi connectivity index (χ3n) is 3.61. The maximum Gasteiger partial charge on any atom is 0.438 e. The molecule has 9 heteroatoms. The van der Waals surface area contributed by atoms with Crippen LogP contribution in [0.5, 0.6) is 0 Å². The van der Waals surface area contributed by atoms with Crippen LogP contribution < -0.4 is 5.76 Å². The lowest BCUT2D eigenvalue weighted by Crippen LogP contribution is -2.28. The first-order valence-corrected chi connectivity index (χ1v) is 7.30. The molecule has 1 aromatic carbocycles. The van der Waals surface area contributed by atoms with Gasteiger partial charge in [-0.15, -0.1) is 5.10 Å². The summed E-state index contributed by atoms with van der Waals surface area (Å²) < 4.78 is 6.10. The molecule has 0 fully saturated rings. The third-order valence-corrected chi connectivity index (χ3v) is 3.61. The molecular weight excluding hydrogens is 312 g/mol. The zero-order chi connectivity index (χ0) is 17.1. The summed E-state index contributed by atoms with van der Waals surface area (Å²) in [5.74, 6) is -0.518. The van der Waals surface area contributed by atoms with Gasteiger partial charge in [-0.1, -0.05) is 28.6 Å². The molecular formula is C15H16N6O3. The maximum absolute atomic E-state index is 12.3. The number of nitrogens with zero attached hydrogens (tertiary/aromatic N) is 5. The topological polar surface area (TPSA) is 110 Å². The number of hydrogen-bond acceptors (Lipinski definition) is 6. The van der Waals surface area contributed by atoms with Gasteiger partial charge in [-0.3, -0.25) is 14.3 Å². The zero-order valence-electron chi connectivity index (χ0n) is 13.3. The Hall–Kier alpha value is -3.23. The molecule has 0 atom stereocenters. The van der Waals surface area contributed by atoms with Crippen LogP contribution in [0.25, 0.3) is 5.69 Å². The van der Waals surface area contributed by atoms with Gasteiger partial charge < -0.3 is 4.90 Å². The second kappa shape index (κ2) is 6.49. The average molecular weight is 328 g/mol. The Labute approximate surface area is 136 Å². The predicted octanol–water partition coefficient (Wildman–Crippen LogP) is 0.453. The quantitative estimate of drug-likeness (QED) is 0.728. The highest BCUT2D eigenvalue weighted by molar-refractivity contribution is 5.78. The molecule has 3 aromatic rings. The number of benzene rings is 1. The number of hydrogen-bond donors (Lipinski definition) is 1. The highest BCUT2D eigenvalue weighted by atomic mass is 16.5. The average Bonchev–Trinajstić information content (AvgIpc) is 3.14. The van der Waals surface area contributed by atoms with Crippen LogP contribution in [0.15, 0.2) is 39.6 Å². The van der Waals surface area contributed by atoms with Gasteiger partial charge in [0.1, 0.15) is 0 Å². The summed E-state index contributed by atoms with van der Waals surface area (Å²) in [6.45, 7) is 2.02. The summed E-state index contributed by atoms with van der Waals surface area (Å²) >= 11 is 0. The van der Waals surface area contributed by atoms with Crippen LogP contribution in [0.2, 0.25) is 0 Å². The molecule has 0 saturated carbocycles. The summed E-state index contributed by atoms with van der Waals surface area (Å²) in [5, 5.41) is 11.7. The monoisotopic (exact) mass is 328 g/mol. The minimum Gasteiger partial charge on any atom is -0.338 e. The van der Waals surface area contributed by atoms with E-state index in [4.69, 9.17) is 0 Å². The van der Waals surface area contributed by atoms with E-state index in [-0.39, 0.29) is 18.9 Å². The van der Waals surface area contributed by atoms with Crippen LogP contribution in [-0.4, -0.2) is 43.0 Å². The van der Waals surface area contributed by atoms with Crippen molar-refractivity contribution in [3.63, 3.8) is 0 Å². The van der Waals surface area contributed by atoms with Crippen molar-refractivity contribution < 1.29 is 9.32 Å². The Balaban J connectivity index is 1.70. The van der Waals surface area contributed by atoms with Crippen LogP contribution >= 0.6 is 0 Å². The van der Waals surface area contributed by atoms with Crippen molar-refractivity contribution in [3.8, 4) is 5.69 Å². The number of likely N-dealkylation sites (N-methyl/N-ethyl adjacent to an activating group) is 1. The number of carbonyl (C=O) groups is 1. The number of aromatic nitrogens is 5. The molecule has 0 unspecified atom stereocenters. The highest BCUT2D eigenvalue weighted by Gasteiger charge is 2.17. The second-order valence-corrected chi connectivity index (χ2v) is 5.34. The fourth-order valence-electron chi connectivity index (χ4n) is 2.26. The Kier molecular flexibility index (Phi) is 4.23. The smallest absolute Gasteiger partial charge is 0.338 e. The molecule has 24 heavy (non-hydrogen) atoms. The lowest BCUT2D eigenvalue weighted by molar-refractivity contribution is -0.129. The Bertz CT molecular complexity index is 895. The molecule has 0 aliphatic carbocycles. The number of amides is 1. The number of aromatic amines is 1. The van der Waals surface area contributed by atoms with Gasteiger partial charge in [-0.05, 0) is 19.1 Å². The predicted molar refractivity (Wildman–Crippen MR) is 83.4 cm³/mol. The molecule has 0 bridgehead atoms. The van der Waals surface area contributed by atoms with Gasteiger partial charge in [-0.2, -0.15) is 0 Å². The van der Waals surface area contributed by atoms with E-state index >= 15 is 0 Å². The number of nitrogens with one attached hydrogen (secondary N) is 1. The van der Waals surface area contributed by atoms with E-state index < -0.39 is 5.76 Å². The van der Waals surface area contributed by atoms with Crippen molar-refractivity contribution in [1.82, 2.24) is 30.0 Å². The van der Waals surface area contributed by atoms with Gasteiger partial charge in [-0.25, -0.2) is 9.48 Å². The minimum atomic E-state index is -0.646. The number of carbonyl (C=O) groups excluding carboxylic acids is 1. The lowest BCUT2D eigenvalue weighted by atomic mass is 10.2. The SMILES string of the molecule is Cc1c(CC(=O)N(C)Cc2noc(=O)[nH]2)nnn1-c1ccccc1. The molecule has 1 N–H and O–H groups in total. The van der Waals surface area contributed by atoms with Crippen molar-refractivity contribution in [1.29, 1.82) is 0 Å². The van der Waals surface area contributed by atoms with Crippen LogP contribution in [0, 0.1) is 6.92 Å². The second-order valence-electron chi connectivity index (χ2n) is 5.34. The minimum absolute atomic E-state index is 0.108. The van der Waals surface area contributed by atoms with Crippen LogP contribution in [-0.2, 0) is 17.8 Å². The molecule has 0 aliphatic heterocycles. The van der Waals surface area contributed by atoms with E-state index in [1.165, 1.54) is 4.90 Å². The molecule has 124 valence electrons. The summed E-state index contributed by atoms with van der Waals surface area (Å²) in [6.07, 6.45) is 0.108. The molecule has 2 aromatic heterocycles. The van der Waals surface area contributed by atoms with Gasteiger partial charge in [0.2, 0.25) is 5.91 Å². The zero-order valence-corrected chi connectivity index (χ0v) is 13.3. The first-order chi connectivity index (χ1) is 11.5. The third kappa shape index (κ3) is 3.24. The van der Waals surface area contributed by atoms with Crippen molar-refractivity contribution in [2.75, 3.05) is 7.05 Å². The van der Waals surface area contributed by atoms with E-state index in [1.807, 2.05) is 37.3 Å². The Morgan fingerprint density at radius 1 is 1.33 bits per heavy atom. The van der Waals surface area contributed by atoms with E-state index in [1.54, 1.807) is 11.7 Å². The van der Waals surface area contributed by atoms with Gasteiger partial charge >= 0.3 is 5.76 Å². The summed E-state index contributed by atoms with van der Waals surface area (Å²) in [6, 6.07) is 9.57. The van der Waals surface area contributed by atoms with Gasteiger partial charge in [0.25, 0.3) is 0 Å². The largest absolute Gasteiger partial charge is 0.438 e. The van der Waals surface area contributed by atoms with Crippen LogP contribution in [0.4, 0.5) is 0 Å². The lowest BCUT2D eigenvalue weighted by Gasteiger charge is -2.14. The van der Waals surface area contributed by atoms with E-state index in [0.717, 1.165) is 11.4 Å². The Morgan fingerprint density at radius 3 is 2.75 bits per heavy atom. The van der Waals surface area contributed by atoms with Gasteiger partial charge in [0, 0.05) is 7.05 Å². The number of rotatable bonds is 5. The van der Waals surface area contributed by atoms with Gasteiger partial charge in [0.05, 0.1) is 30.0 Å². The summed E-state index contributed by atoms with van der Waals surface area (Å²) in [4.78, 5) is 27.1. The molecule has 3 rings (SSSR count). The fraction of sp³-hybridized carbons (Fsp3) is 0.267. The van der Waals surface area contributed by atoms with Crippen molar-refractivity contribution in [2.24, 2.45) is 0 Å². The summed E-state index contributed by atoms with van der Waals surface area (Å²) in [7, 11) is 1.62. The fourth-order valence-corrected chi connectivity index (χ4v) is 2.26. The van der Waals surface area contributed by atoms with Crippen molar-refractivity contribution >= 4 is 5.91 Å². The van der Waals surface area contributed by atoms with Crippen LogP contribution in [0.3, 0.4) is 0 Å². The molecule has 0 radical (unpaired) electrons. The maximum atomic E-state index is 12.3. The molecule has 1 amide bonds. The van der Waals surface area contributed by atoms with Crippen molar-refractivity contribution in [2.45, 2.75) is 19.9 Å². The first-order valence-electron chi connectivity index (χ1n) is 7.30. The van der Waals surface area contributed by atoms with Crippen LogP contribution in [0.1, 0.15) is 17.2 Å². The standard InChI is InChI=1S/C15H16N6O3/c1-10-12(17-19-21(10)11-6-4-3-5-7-11)8-14(22)20(2)9-13-16-15(23)24-18-13/h3-7H,8-9H2,1-2H3,(H,16,18,23). The van der Waals surface area contributed by atoms with Gasteiger partial charge in [0.15, 0.2) is 5.82 Å². The molecule has 0 aliphatic rings. The van der Waals surface area contributed by atoms with E-state index in [2.05, 4.69) is 25.0 Å². The molecule has 0 saturated heterocycles. The molecule has 2 heterocycles. The highest BCUT2D eigenvalue weighted by Crippen LogP contribution is 2.13. The normalized spacial score (nSPS) is 10.8. The molecule has 9 nitrogen and oxygen atoms in total. The molecule has 0 spiro atoms. The number of H-pyrrole nitrogens is 1.